The number of hydrogen-bond donors (Lipinski definition) is 2. The van der Waals surface area contributed by atoms with E-state index in [1.54, 1.807) is 38.1 Å². The molecule has 2 aromatic rings. The predicted octanol–water partition coefficient (Wildman–Crippen LogP) is 4.08. The van der Waals surface area contributed by atoms with Gasteiger partial charge in [-0.2, -0.15) is 0 Å². The van der Waals surface area contributed by atoms with Crippen molar-refractivity contribution in [3.8, 4) is 5.75 Å². The van der Waals surface area contributed by atoms with Gasteiger partial charge in [0.1, 0.15) is 35.6 Å². The number of amides is 2. The maximum absolute atomic E-state index is 13.9. The van der Waals surface area contributed by atoms with E-state index in [9.17, 15) is 18.4 Å². The number of nitrogens with zero attached hydrogens (tertiary/aromatic N) is 1. The summed E-state index contributed by atoms with van der Waals surface area (Å²) in [6.07, 6.45) is 0. The summed E-state index contributed by atoms with van der Waals surface area (Å²) < 4.78 is 33.5. The molecule has 0 bridgehead atoms. The number of carbonyl (C=O) groups excluding carboxylic acids is 2. The highest BCUT2D eigenvalue weighted by atomic mass is 19.1. The Morgan fingerprint density at radius 3 is 2.12 bits per heavy atom. The van der Waals surface area contributed by atoms with Crippen LogP contribution in [0, 0.1) is 17.6 Å². The topological polar surface area (TPSA) is 70.7 Å². The minimum Gasteiger partial charge on any atom is -0.492 e. The molecule has 0 spiro atoms. The van der Waals surface area contributed by atoms with Crippen molar-refractivity contribution in [3.05, 3.63) is 59.7 Å². The SMILES string of the molecule is CCN(CC)CCOc1ccc(NC(=O)C(NC(=O)c2c(F)cccc2F)C(C)C)cc1. The standard InChI is InChI=1S/C24H31F2N3O3/c1-5-29(6-2)14-15-32-18-12-10-17(11-13-18)27-24(31)22(16(3)4)28-23(30)21-19(25)8-7-9-20(21)26/h7-13,16,22H,5-6,14-15H2,1-4H3,(H,27,31)(H,28,30). The number of benzene rings is 2. The van der Waals surface area contributed by atoms with Gasteiger partial charge in [-0.05, 0) is 55.4 Å². The third kappa shape index (κ3) is 7.02. The van der Waals surface area contributed by atoms with E-state index in [1.807, 2.05) is 0 Å². The van der Waals surface area contributed by atoms with E-state index in [4.69, 9.17) is 4.74 Å². The summed E-state index contributed by atoms with van der Waals surface area (Å²) in [6.45, 7) is 11.0. The van der Waals surface area contributed by atoms with Gasteiger partial charge in [-0.15, -0.1) is 0 Å². The molecule has 2 amide bonds. The summed E-state index contributed by atoms with van der Waals surface area (Å²) in [5, 5.41) is 5.16. The Labute approximate surface area is 187 Å². The van der Waals surface area contributed by atoms with E-state index in [0.717, 1.165) is 31.8 Å². The molecule has 1 unspecified atom stereocenters. The average Bonchev–Trinajstić information content (AvgIpc) is 2.75. The quantitative estimate of drug-likeness (QED) is 0.545. The Morgan fingerprint density at radius 1 is 1.00 bits per heavy atom. The van der Waals surface area contributed by atoms with Crippen molar-refractivity contribution in [2.75, 3.05) is 31.6 Å². The molecule has 2 rings (SSSR count). The second-order valence-electron chi connectivity index (χ2n) is 7.68. The summed E-state index contributed by atoms with van der Waals surface area (Å²) in [5.74, 6) is -3.06. The second kappa shape index (κ2) is 12.1. The van der Waals surface area contributed by atoms with Crippen molar-refractivity contribution in [1.82, 2.24) is 10.2 Å². The van der Waals surface area contributed by atoms with Gasteiger partial charge in [0.15, 0.2) is 0 Å². The van der Waals surface area contributed by atoms with Crippen LogP contribution in [0.2, 0.25) is 0 Å². The van der Waals surface area contributed by atoms with E-state index >= 15 is 0 Å². The van der Waals surface area contributed by atoms with Gasteiger partial charge < -0.3 is 20.3 Å². The minimum atomic E-state index is -0.984. The first-order chi connectivity index (χ1) is 15.3. The molecule has 0 saturated heterocycles. The van der Waals surface area contributed by atoms with Crippen LogP contribution < -0.4 is 15.4 Å². The van der Waals surface area contributed by atoms with Gasteiger partial charge in [-0.25, -0.2) is 8.78 Å². The zero-order valence-corrected chi connectivity index (χ0v) is 19.0. The number of halogens is 2. The zero-order chi connectivity index (χ0) is 23.7. The molecule has 2 aromatic carbocycles. The number of hydrogen-bond acceptors (Lipinski definition) is 4. The van der Waals surface area contributed by atoms with Crippen LogP contribution in [0.4, 0.5) is 14.5 Å². The molecule has 0 aliphatic heterocycles. The molecule has 0 saturated carbocycles. The molecule has 0 heterocycles. The summed E-state index contributed by atoms with van der Waals surface area (Å²) >= 11 is 0. The van der Waals surface area contributed by atoms with Crippen LogP contribution in [-0.2, 0) is 4.79 Å². The maximum Gasteiger partial charge on any atom is 0.257 e. The molecule has 2 N–H and O–H groups in total. The van der Waals surface area contributed by atoms with Gasteiger partial charge in [0.2, 0.25) is 5.91 Å². The summed E-state index contributed by atoms with van der Waals surface area (Å²) in [6, 6.07) is 9.06. The number of likely N-dealkylation sites (N-methyl/N-ethyl adjacent to an activating group) is 1. The lowest BCUT2D eigenvalue weighted by Gasteiger charge is -2.22. The maximum atomic E-state index is 13.9. The molecule has 6 nitrogen and oxygen atoms in total. The Bertz CT molecular complexity index is 880. The number of nitrogens with one attached hydrogen (secondary N) is 2. The van der Waals surface area contributed by atoms with Crippen LogP contribution in [0.3, 0.4) is 0 Å². The molecule has 0 fully saturated rings. The molecular weight excluding hydrogens is 416 g/mol. The van der Waals surface area contributed by atoms with Crippen LogP contribution in [0.15, 0.2) is 42.5 Å². The molecular formula is C24H31F2N3O3. The fourth-order valence-electron chi connectivity index (χ4n) is 3.15. The average molecular weight is 448 g/mol. The van der Waals surface area contributed by atoms with Gasteiger partial charge in [-0.1, -0.05) is 33.8 Å². The highest BCUT2D eigenvalue weighted by molar-refractivity contribution is 6.01. The lowest BCUT2D eigenvalue weighted by molar-refractivity contribution is -0.118. The van der Waals surface area contributed by atoms with Crippen molar-refractivity contribution in [1.29, 1.82) is 0 Å². The first-order valence-corrected chi connectivity index (χ1v) is 10.8. The second-order valence-corrected chi connectivity index (χ2v) is 7.68. The first-order valence-electron chi connectivity index (χ1n) is 10.8. The van der Waals surface area contributed by atoms with E-state index in [2.05, 4.69) is 29.4 Å². The molecule has 1 atom stereocenters. The van der Waals surface area contributed by atoms with Crippen molar-refractivity contribution >= 4 is 17.5 Å². The van der Waals surface area contributed by atoms with Gasteiger partial charge >= 0.3 is 0 Å². The van der Waals surface area contributed by atoms with Crippen molar-refractivity contribution in [2.45, 2.75) is 33.7 Å². The molecule has 0 radical (unpaired) electrons. The Hall–Kier alpha value is -3.00. The molecule has 0 aliphatic carbocycles. The molecule has 0 aromatic heterocycles. The minimum absolute atomic E-state index is 0.309. The lowest BCUT2D eigenvalue weighted by atomic mass is 10.0. The van der Waals surface area contributed by atoms with Crippen molar-refractivity contribution in [2.24, 2.45) is 5.92 Å². The smallest absolute Gasteiger partial charge is 0.257 e. The van der Waals surface area contributed by atoms with Gasteiger partial charge in [0, 0.05) is 12.2 Å². The predicted molar refractivity (Wildman–Crippen MR) is 121 cm³/mol. The first kappa shape index (κ1) is 25.3. The summed E-state index contributed by atoms with van der Waals surface area (Å²) in [4.78, 5) is 27.4. The molecule has 32 heavy (non-hydrogen) atoms. The van der Waals surface area contributed by atoms with Gasteiger partial charge in [0.25, 0.3) is 5.91 Å². The highest BCUT2D eigenvalue weighted by Crippen LogP contribution is 2.18. The zero-order valence-electron chi connectivity index (χ0n) is 19.0. The van der Waals surface area contributed by atoms with Crippen molar-refractivity contribution in [3.63, 3.8) is 0 Å². The van der Waals surface area contributed by atoms with E-state index in [-0.39, 0.29) is 5.92 Å². The fraction of sp³-hybridized carbons (Fsp3) is 0.417. The molecule has 174 valence electrons. The normalized spacial score (nSPS) is 12.0. The number of anilines is 1. The van der Waals surface area contributed by atoms with Gasteiger partial charge in [-0.3, -0.25) is 9.59 Å². The Kier molecular flexibility index (Phi) is 9.59. The van der Waals surface area contributed by atoms with Crippen LogP contribution in [0.1, 0.15) is 38.1 Å². The monoisotopic (exact) mass is 447 g/mol. The fourth-order valence-corrected chi connectivity index (χ4v) is 3.15. The number of ether oxygens (including phenoxy) is 1. The summed E-state index contributed by atoms with van der Waals surface area (Å²) in [5.41, 5.74) is -0.194. The van der Waals surface area contributed by atoms with E-state index in [1.165, 1.54) is 6.07 Å². The van der Waals surface area contributed by atoms with Gasteiger partial charge in [0.05, 0.1) is 0 Å². The third-order valence-electron chi connectivity index (χ3n) is 5.12. The summed E-state index contributed by atoms with van der Waals surface area (Å²) in [7, 11) is 0. The van der Waals surface area contributed by atoms with Crippen LogP contribution >= 0.6 is 0 Å². The number of rotatable bonds is 11. The lowest BCUT2D eigenvalue weighted by Crippen LogP contribution is -2.47. The highest BCUT2D eigenvalue weighted by Gasteiger charge is 2.27. The van der Waals surface area contributed by atoms with E-state index < -0.39 is 35.1 Å². The molecule has 0 aliphatic rings. The van der Waals surface area contributed by atoms with Crippen LogP contribution in [0.25, 0.3) is 0 Å². The van der Waals surface area contributed by atoms with Crippen molar-refractivity contribution < 1.29 is 23.1 Å². The van der Waals surface area contributed by atoms with E-state index in [0.29, 0.717) is 18.0 Å². The Morgan fingerprint density at radius 2 is 1.59 bits per heavy atom. The third-order valence-corrected chi connectivity index (χ3v) is 5.12. The van der Waals surface area contributed by atoms with Crippen LogP contribution in [-0.4, -0.2) is 49.0 Å². The largest absolute Gasteiger partial charge is 0.492 e. The molecule has 8 heteroatoms. The number of carbonyl (C=O) groups is 2. The Balaban J connectivity index is 1.98. The van der Waals surface area contributed by atoms with Crippen LogP contribution in [0.5, 0.6) is 5.75 Å².